The molecule has 1 aromatic carbocycles. The Bertz CT molecular complexity index is 509. The van der Waals surface area contributed by atoms with Crippen LogP contribution < -0.4 is 15.2 Å². The Labute approximate surface area is 127 Å². The summed E-state index contributed by atoms with van der Waals surface area (Å²) in [6.07, 6.45) is 0.834. The van der Waals surface area contributed by atoms with Crippen molar-refractivity contribution < 1.29 is 14.2 Å². The van der Waals surface area contributed by atoms with E-state index < -0.39 is 0 Å². The van der Waals surface area contributed by atoms with Crippen LogP contribution in [0.3, 0.4) is 0 Å². The molecule has 0 aliphatic carbocycles. The molecular weight excluding hydrogens is 266 g/mol. The molecular formula is C17H27NO3. The van der Waals surface area contributed by atoms with E-state index in [1.807, 2.05) is 25.1 Å². The summed E-state index contributed by atoms with van der Waals surface area (Å²) in [6.45, 7) is 10.3. The van der Waals surface area contributed by atoms with Gasteiger partial charge in [-0.1, -0.05) is 6.07 Å². The van der Waals surface area contributed by atoms with E-state index in [-0.39, 0.29) is 23.3 Å². The third-order valence-electron chi connectivity index (χ3n) is 3.97. The van der Waals surface area contributed by atoms with E-state index in [4.69, 9.17) is 19.9 Å². The second kappa shape index (κ2) is 5.50. The molecule has 1 fully saturated rings. The van der Waals surface area contributed by atoms with E-state index in [0.717, 1.165) is 17.7 Å². The molecule has 0 amide bonds. The van der Waals surface area contributed by atoms with E-state index in [2.05, 4.69) is 27.7 Å². The lowest BCUT2D eigenvalue weighted by Crippen LogP contribution is -2.36. The lowest BCUT2D eigenvalue weighted by molar-refractivity contribution is -0.0847. The number of methoxy groups -OCH3 is 1. The normalized spacial score (nSPS) is 24.6. The van der Waals surface area contributed by atoms with Crippen LogP contribution in [0.2, 0.25) is 0 Å². The molecule has 2 rings (SSSR count). The Balaban J connectivity index is 2.24. The average Bonchev–Trinajstić information content (AvgIpc) is 2.57. The van der Waals surface area contributed by atoms with Crippen LogP contribution in [0.1, 0.15) is 52.6 Å². The van der Waals surface area contributed by atoms with E-state index in [9.17, 15) is 0 Å². The maximum Gasteiger partial charge on any atom is 0.161 e. The second-order valence-corrected chi connectivity index (χ2v) is 6.97. The van der Waals surface area contributed by atoms with Gasteiger partial charge in [-0.3, -0.25) is 0 Å². The Morgan fingerprint density at radius 3 is 2.38 bits per heavy atom. The zero-order chi connectivity index (χ0) is 15.8. The largest absolute Gasteiger partial charge is 0.493 e. The molecule has 1 aliphatic heterocycles. The van der Waals surface area contributed by atoms with Crippen LogP contribution in [-0.2, 0) is 4.74 Å². The predicted molar refractivity (Wildman–Crippen MR) is 83.9 cm³/mol. The van der Waals surface area contributed by atoms with Gasteiger partial charge in [0.15, 0.2) is 11.5 Å². The highest BCUT2D eigenvalue weighted by Crippen LogP contribution is 2.41. The SMILES string of the molecule is COc1cc([C@H](C)N)ccc1OC1CC(C)(C)OC1(C)C. The van der Waals surface area contributed by atoms with Gasteiger partial charge in [0.2, 0.25) is 0 Å². The molecule has 0 bridgehead atoms. The molecule has 1 saturated heterocycles. The molecule has 4 heteroatoms. The van der Waals surface area contributed by atoms with Gasteiger partial charge in [-0.25, -0.2) is 0 Å². The minimum Gasteiger partial charge on any atom is -0.493 e. The standard InChI is InChI=1S/C17H27NO3/c1-11(18)12-7-8-13(14(9-12)19-6)20-15-10-16(2,3)21-17(15,4)5/h7-9,11,15H,10,18H2,1-6H3/t11-,15?/m0/s1. The van der Waals surface area contributed by atoms with E-state index in [1.165, 1.54) is 0 Å². The molecule has 1 heterocycles. The van der Waals surface area contributed by atoms with Crippen LogP contribution >= 0.6 is 0 Å². The molecule has 2 N–H and O–H groups in total. The molecule has 21 heavy (non-hydrogen) atoms. The van der Waals surface area contributed by atoms with E-state index >= 15 is 0 Å². The summed E-state index contributed by atoms with van der Waals surface area (Å²) in [6, 6.07) is 5.82. The van der Waals surface area contributed by atoms with Crippen molar-refractivity contribution in [3.63, 3.8) is 0 Å². The first-order chi connectivity index (χ1) is 9.64. The van der Waals surface area contributed by atoms with Crippen LogP contribution in [-0.4, -0.2) is 24.4 Å². The monoisotopic (exact) mass is 293 g/mol. The van der Waals surface area contributed by atoms with Gasteiger partial charge in [0.1, 0.15) is 11.7 Å². The van der Waals surface area contributed by atoms with Crippen LogP contribution in [0.25, 0.3) is 0 Å². The van der Waals surface area contributed by atoms with Gasteiger partial charge >= 0.3 is 0 Å². The Morgan fingerprint density at radius 2 is 1.90 bits per heavy atom. The van der Waals surface area contributed by atoms with Gasteiger partial charge in [0.25, 0.3) is 0 Å². The van der Waals surface area contributed by atoms with Crippen molar-refractivity contribution in [1.82, 2.24) is 0 Å². The minimum atomic E-state index is -0.325. The summed E-state index contributed by atoms with van der Waals surface area (Å²) in [4.78, 5) is 0. The highest BCUT2D eigenvalue weighted by molar-refractivity contribution is 5.44. The maximum absolute atomic E-state index is 6.19. The fraction of sp³-hybridized carbons (Fsp3) is 0.647. The van der Waals surface area contributed by atoms with Crippen molar-refractivity contribution >= 4 is 0 Å². The lowest BCUT2D eigenvalue weighted by atomic mass is 9.97. The maximum atomic E-state index is 6.19. The number of hydrogen-bond donors (Lipinski definition) is 1. The second-order valence-electron chi connectivity index (χ2n) is 6.97. The molecule has 1 unspecified atom stereocenters. The van der Waals surface area contributed by atoms with Crippen molar-refractivity contribution in [3.8, 4) is 11.5 Å². The predicted octanol–water partition coefficient (Wildman–Crippen LogP) is 3.44. The Kier molecular flexibility index (Phi) is 4.22. The minimum absolute atomic E-state index is 0.0115. The summed E-state index contributed by atoms with van der Waals surface area (Å²) >= 11 is 0. The van der Waals surface area contributed by atoms with Crippen molar-refractivity contribution in [2.45, 2.75) is 64.4 Å². The molecule has 4 nitrogen and oxygen atoms in total. The summed E-state index contributed by atoms with van der Waals surface area (Å²) in [7, 11) is 1.65. The number of nitrogens with two attached hydrogens (primary N) is 1. The first kappa shape index (κ1) is 16.1. The van der Waals surface area contributed by atoms with Crippen LogP contribution in [0.15, 0.2) is 18.2 Å². The van der Waals surface area contributed by atoms with Gasteiger partial charge in [0.05, 0.1) is 12.7 Å². The summed E-state index contributed by atoms with van der Waals surface area (Å²) < 4.78 is 17.7. The molecule has 118 valence electrons. The molecule has 1 aliphatic rings. The number of rotatable bonds is 4. The summed E-state index contributed by atoms with van der Waals surface area (Å²) in [5.74, 6) is 1.45. The van der Waals surface area contributed by atoms with E-state index in [1.54, 1.807) is 7.11 Å². The van der Waals surface area contributed by atoms with E-state index in [0.29, 0.717) is 5.75 Å². The van der Waals surface area contributed by atoms with Crippen molar-refractivity contribution in [1.29, 1.82) is 0 Å². The molecule has 2 atom stereocenters. The van der Waals surface area contributed by atoms with Crippen LogP contribution in [0.5, 0.6) is 11.5 Å². The van der Waals surface area contributed by atoms with Crippen LogP contribution in [0.4, 0.5) is 0 Å². The fourth-order valence-electron chi connectivity index (χ4n) is 2.91. The Hall–Kier alpha value is -1.26. The topological polar surface area (TPSA) is 53.7 Å². The third-order valence-corrected chi connectivity index (χ3v) is 3.97. The smallest absolute Gasteiger partial charge is 0.161 e. The van der Waals surface area contributed by atoms with Crippen LogP contribution in [0, 0.1) is 0 Å². The van der Waals surface area contributed by atoms with Crippen molar-refractivity contribution in [3.05, 3.63) is 23.8 Å². The third kappa shape index (κ3) is 3.50. The molecule has 0 aromatic heterocycles. The summed E-state index contributed by atoms with van der Waals surface area (Å²) in [5, 5.41) is 0. The summed E-state index contributed by atoms with van der Waals surface area (Å²) in [5.41, 5.74) is 6.44. The Morgan fingerprint density at radius 1 is 1.24 bits per heavy atom. The van der Waals surface area contributed by atoms with Crippen molar-refractivity contribution in [2.75, 3.05) is 7.11 Å². The molecule has 0 radical (unpaired) electrons. The van der Waals surface area contributed by atoms with Gasteiger partial charge in [-0.15, -0.1) is 0 Å². The molecule has 0 spiro atoms. The highest BCUT2D eigenvalue weighted by atomic mass is 16.6. The average molecular weight is 293 g/mol. The van der Waals surface area contributed by atoms with Gasteiger partial charge in [0, 0.05) is 12.5 Å². The van der Waals surface area contributed by atoms with Gasteiger partial charge < -0.3 is 19.9 Å². The van der Waals surface area contributed by atoms with Crippen molar-refractivity contribution in [2.24, 2.45) is 5.73 Å². The van der Waals surface area contributed by atoms with Gasteiger partial charge in [-0.05, 0) is 52.3 Å². The molecule has 0 saturated carbocycles. The number of benzene rings is 1. The first-order valence-corrected chi connectivity index (χ1v) is 7.45. The highest BCUT2D eigenvalue weighted by Gasteiger charge is 2.47. The zero-order valence-electron chi connectivity index (χ0n) is 13.9. The first-order valence-electron chi connectivity index (χ1n) is 7.45. The lowest BCUT2D eigenvalue weighted by Gasteiger charge is -2.28. The zero-order valence-corrected chi connectivity index (χ0v) is 13.9. The number of hydrogen-bond acceptors (Lipinski definition) is 4. The fourth-order valence-corrected chi connectivity index (χ4v) is 2.91. The number of ether oxygens (including phenoxy) is 3. The molecule has 1 aromatic rings. The van der Waals surface area contributed by atoms with Gasteiger partial charge in [-0.2, -0.15) is 0 Å². The quantitative estimate of drug-likeness (QED) is 0.924.